The highest BCUT2D eigenvalue weighted by Gasteiger charge is 2.11. The Kier molecular flexibility index (Phi) is 3.58. The molecule has 1 heterocycles. The third-order valence-electron chi connectivity index (χ3n) is 2.59. The molecule has 4 nitrogen and oxygen atoms in total. The minimum atomic E-state index is -0.198. The van der Waals surface area contributed by atoms with E-state index < -0.39 is 0 Å². The van der Waals surface area contributed by atoms with Crippen molar-refractivity contribution >= 4 is 23.2 Å². The zero-order chi connectivity index (χ0) is 13.1. The predicted molar refractivity (Wildman–Crippen MR) is 71.5 cm³/mol. The van der Waals surface area contributed by atoms with Crippen molar-refractivity contribution in [2.75, 3.05) is 12.4 Å². The van der Waals surface area contributed by atoms with E-state index in [9.17, 15) is 4.79 Å². The van der Waals surface area contributed by atoms with E-state index in [1.54, 1.807) is 30.6 Å². The number of benzene rings is 1. The van der Waals surface area contributed by atoms with Crippen LogP contribution >= 0.6 is 11.6 Å². The van der Waals surface area contributed by atoms with Crippen LogP contribution in [0.3, 0.4) is 0 Å². The summed E-state index contributed by atoms with van der Waals surface area (Å²) >= 11 is 6.00. The van der Waals surface area contributed by atoms with E-state index >= 15 is 0 Å². The molecular formula is C13H13ClN2O2. The molecule has 0 aliphatic carbocycles. The summed E-state index contributed by atoms with van der Waals surface area (Å²) in [4.78, 5) is 14.8. The van der Waals surface area contributed by atoms with Crippen molar-refractivity contribution in [2.24, 2.45) is 0 Å². The number of hydrogen-bond acceptors (Lipinski definition) is 2. The maximum atomic E-state index is 11.9. The van der Waals surface area contributed by atoms with Crippen molar-refractivity contribution < 1.29 is 9.53 Å². The maximum absolute atomic E-state index is 11.9. The molecule has 2 N–H and O–H groups in total. The molecule has 1 amide bonds. The third kappa shape index (κ3) is 2.49. The molecule has 18 heavy (non-hydrogen) atoms. The summed E-state index contributed by atoms with van der Waals surface area (Å²) < 4.78 is 5.19. The average molecular weight is 265 g/mol. The molecule has 0 atom stereocenters. The van der Waals surface area contributed by atoms with E-state index in [-0.39, 0.29) is 5.91 Å². The van der Waals surface area contributed by atoms with Gasteiger partial charge in [-0.05, 0) is 24.6 Å². The number of methoxy groups -OCH3 is 1. The van der Waals surface area contributed by atoms with Gasteiger partial charge in [-0.1, -0.05) is 11.6 Å². The van der Waals surface area contributed by atoms with Gasteiger partial charge in [0.15, 0.2) is 0 Å². The lowest BCUT2D eigenvalue weighted by molar-refractivity contribution is 0.102. The SMILES string of the molecule is COc1cc(Cl)c(C)cc1NC(=O)c1cc[nH]c1. The van der Waals surface area contributed by atoms with Crippen LogP contribution in [0, 0.1) is 6.92 Å². The van der Waals surface area contributed by atoms with Crippen LogP contribution in [0.5, 0.6) is 5.75 Å². The van der Waals surface area contributed by atoms with Gasteiger partial charge in [-0.25, -0.2) is 0 Å². The normalized spacial score (nSPS) is 10.2. The van der Waals surface area contributed by atoms with E-state index in [1.807, 2.05) is 6.92 Å². The van der Waals surface area contributed by atoms with Crippen LogP contribution in [0.15, 0.2) is 30.6 Å². The number of aromatic amines is 1. The van der Waals surface area contributed by atoms with Crippen LogP contribution in [0.2, 0.25) is 5.02 Å². The molecule has 0 radical (unpaired) electrons. The van der Waals surface area contributed by atoms with Crippen molar-refractivity contribution in [3.8, 4) is 5.75 Å². The molecule has 1 aromatic heterocycles. The van der Waals surface area contributed by atoms with Gasteiger partial charge in [0.2, 0.25) is 0 Å². The fourth-order valence-corrected chi connectivity index (χ4v) is 1.74. The van der Waals surface area contributed by atoms with Crippen molar-refractivity contribution in [3.05, 3.63) is 46.7 Å². The Bertz CT molecular complexity index is 565. The Labute approximate surface area is 110 Å². The first-order chi connectivity index (χ1) is 8.61. The minimum Gasteiger partial charge on any atom is -0.495 e. The number of carbonyl (C=O) groups is 1. The van der Waals surface area contributed by atoms with Gasteiger partial charge in [-0.15, -0.1) is 0 Å². The molecule has 0 saturated heterocycles. The summed E-state index contributed by atoms with van der Waals surface area (Å²) in [7, 11) is 1.53. The molecule has 94 valence electrons. The Balaban J connectivity index is 2.28. The summed E-state index contributed by atoms with van der Waals surface area (Å²) in [5, 5.41) is 3.39. The molecule has 0 aliphatic rings. The number of ether oxygens (including phenoxy) is 1. The van der Waals surface area contributed by atoms with Gasteiger partial charge in [0.05, 0.1) is 18.4 Å². The maximum Gasteiger partial charge on any atom is 0.257 e. The molecule has 2 aromatic rings. The summed E-state index contributed by atoms with van der Waals surface area (Å²) in [5.41, 5.74) is 2.04. The lowest BCUT2D eigenvalue weighted by Crippen LogP contribution is -2.12. The zero-order valence-electron chi connectivity index (χ0n) is 10.1. The highest BCUT2D eigenvalue weighted by molar-refractivity contribution is 6.31. The second kappa shape index (κ2) is 5.14. The van der Waals surface area contributed by atoms with E-state index in [0.717, 1.165) is 5.56 Å². The van der Waals surface area contributed by atoms with Crippen LogP contribution in [-0.2, 0) is 0 Å². The molecule has 0 unspecified atom stereocenters. The number of anilines is 1. The number of aromatic nitrogens is 1. The number of nitrogens with one attached hydrogen (secondary N) is 2. The van der Waals surface area contributed by atoms with Crippen molar-refractivity contribution in [3.63, 3.8) is 0 Å². The molecule has 0 spiro atoms. The zero-order valence-corrected chi connectivity index (χ0v) is 10.8. The Morgan fingerprint density at radius 2 is 2.22 bits per heavy atom. The third-order valence-corrected chi connectivity index (χ3v) is 3.00. The van der Waals surface area contributed by atoms with Crippen LogP contribution in [-0.4, -0.2) is 18.0 Å². The smallest absolute Gasteiger partial charge is 0.257 e. The van der Waals surface area contributed by atoms with Gasteiger partial charge >= 0.3 is 0 Å². The monoisotopic (exact) mass is 264 g/mol. The second-order valence-electron chi connectivity index (χ2n) is 3.86. The van der Waals surface area contributed by atoms with Crippen molar-refractivity contribution in [1.29, 1.82) is 0 Å². The number of halogens is 1. The van der Waals surface area contributed by atoms with Gasteiger partial charge in [-0.3, -0.25) is 4.79 Å². The molecular weight excluding hydrogens is 252 g/mol. The lowest BCUT2D eigenvalue weighted by Gasteiger charge is -2.11. The molecule has 1 aromatic carbocycles. The predicted octanol–water partition coefficient (Wildman–Crippen LogP) is 3.24. The number of hydrogen-bond donors (Lipinski definition) is 2. The molecule has 0 bridgehead atoms. The molecule has 0 fully saturated rings. The van der Waals surface area contributed by atoms with Gasteiger partial charge in [-0.2, -0.15) is 0 Å². The van der Waals surface area contributed by atoms with Crippen LogP contribution in [0.1, 0.15) is 15.9 Å². The summed E-state index contributed by atoms with van der Waals surface area (Å²) in [6, 6.07) is 5.17. The average Bonchev–Trinajstić information content (AvgIpc) is 2.87. The van der Waals surface area contributed by atoms with Gasteiger partial charge in [0.1, 0.15) is 5.75 Å². The molecule has 2 rings (SSSR count). The fraction of sp³-hybridized carbons (Fsp3) is 0.154. The van der Waals surface area contributed by atoms with Crippen molar-refractivity contribution in [1.82, 2.24) is 4.98 Å². The fourth-order valence-electron chi connectivity index (χ4n) is 1.59. The number of rotatable bonds is 3. The molecule has 5 heteroatoms. The standard InChI is InChI=1S/C13H13ClN2O2/c1-8-5-11(12(18-2)6-10(8)14)16-13(17)9-3-4-15-7-9/h3-7,15H,1-2H3,(H,16,17). The van der Waals surface area contributed by atoms with Gasteiger partial charge in [0, 0.05) is 23.5 Å². The second-order valence-corrected chi connectivity index (χ2v) is 4.26. The highest BCUT2D eigenvalue weighted by atomic mass is 35.5. The number of H-pyrrole nitrogens is 1. The number of aryl methyl sites for hydroxylation is 1. The number of amides is 1. The summed E-state index contributed by atoms with van der Waals surface area (Å²) in [5.74, 6) is 0.339. The molecule has 0 aliphatic heterocycles. The highest BCUT2D eigenvalue weighted by Crippen LogP contribution is 2.31. The number of carbonyl (C=O) groups excluding carboxylic acids is 1. The van der Waals surface area contributed by atoms with Gasteiger partial charge in [0.25, 0.3) is 5.91 Å². The van der Waals surface area contributed by atoms with E-state index in [4.69, 9.17) is 16.3 Å². The van der Waals surface area contributed by atoms with Gasteiger partial charge < -0.3 is 15.0 Å². The van der Waals surface area contributed by atoms with E-state index in [2.05, 4.69) is 10.3 Å². The lowest BCUT2D eigenvalue weighted by atomic mass is 10.2. The van der Waals surface area contributed by atoms with E-state index in [1.165, 1.54) is 7.11 Å². The topological polar surface area (TPSA) is 54.1 Å². The molecule has 0 saturated carbocycles. The first-order valence-electron chi connectivity index (χ1n) is 5.40. The largest absolute Gasteiger partial charge is 0.495 e. The van der Waals surface area contributed by atoms with Crippen molar-refractivity contribution in [2.45, 2.75) is 6.92 Å². The van der Waals surface area contributed by atoms with Crippen LogP contribution in [0.25, 0.3) is 0 Å². The summed E-state index contributed by atoms with van der Waals surface area (Å²) in [6.45, 7) is 1.87. The van der Waals surface area contributed by atoms with Crippen LogP contribution in [0.4, 0.5) is 5.69 Å². The Morgan fingerprint density at radius 1 is 1.44 bits per heavy atom. The summed E-state index contributed by atoms with van der Waals surface area (Å²) in [6.07, 6.45) is 3.32. The van der Waals surface area contributed by atoms with Crippen LogP contribution < -0.4 is 10.1 Å². The Morgan fingerprint density at radius 3 is 2.83 bits per heavy atom. The first kappa shape index (κ1) is 12.5. The van der Waals surface area contributed by atoms with E-state index in [0.29, 0.717) is 22.0 Å². The quantitative estimate of drug-likeness (QED) is 0.894. The first-order valence-corrected chi connectivity index (χ1v) is 5.78. The minimum absolute atomic E-state index is 0.198. The Hall–Kier alpha value is -1.94.